The number of H-pyrrole nitrogens is 1. The van der Waals surface area contributed by atoms with Crippen molar-refractivity contribution in [3.63, 3.8) is 0 Å². The van der Waals surface area contributed by atoms with E-state index >= 15 is 4.39 Å². The fraction of sp³-hybridized carbons (Fsp3) is 0.474. The number of carbonyl (C=O) groups excluding carboxylic acids is 2. The summed E-state index contributed by atoms with van der Waals surface area (Å²) in [6.07, 6.45) is 2.56. The van der Waals surface area contributed by atoms with Crippen molar-refractivity contribution in [2.75, 3.05) is 26.2 Å². The molecule has 1 aromatic heterocycles. The summed E-state index contributed by atoms with van der Waals surface area (Å²) in [5.74, 6) is -0.689. The Kier molecular flexibility index (Phi) is 3.98. The van der Waals surface area contributed by atoms with Crippen molar-refractivity contribution < 1.29 is 14.0 Å². The molecule has 0 aliphatic carbocycles. The lowest BCUT2D eigenvalue weighted by molar-refractivity contribution is -0.146. The largest absolute Gasteiger partial charge is 0.351 e. The second-order valence-electron chi connectivity index (χ2n) is 7.07. The van der Waals surface area contributed by atoms with Gasteiger partial charge in [-0.05, 0) is 37.8 Å². The van der Waals surface area contributed by atoms with Gasteiger partial charge in [-0.1, -0.05) is 18.2 Å². The minimum Gasteiger partial charge on any atom is -0.351 e. The minimum atomic E-state index is -1.95. The summed E-state index contributed by atoms with van der Waals surface area (Å²) in [5.41, 5.74) is -0.633. The second kappa shape index (κ2) is 6.17. The number of para-hydroxylation sites is 1. The summed E-state index contributed by atoms with van der Waals surface area (Å²) in [6, 6.07) is 9.42. The predicted octanol–water partition coefficient (Wildman–Crippen LogP) is 2.73. The van der Waals surface area contributed by atoms with Gasteiger partial charge in [0.1, 0.15) is 5.69 Å². The van der Waals surface area contributed by atoms with Gasteiger partial charge in [-0.2, -0.15) is 0 Å². The van der Waals surface area contributed by atoms with Crippen LogP contribution in [-0.4, -0.2) is 58.4 Å². The first-order chi connectivity index (χ1) is 12.1. The molecule has 132 valence electrons. The number of halogens is 1. The number of aromatic amines is 1. The average Bonchev–Trinajstić information content (AvgIpc) is 3.29. The number of nitrogens with one attached hydrogen (secondary N) is 1. The molecular weight excluding hydrogens is 321 g/mol. The molecule has 25 heavy (non-hydrogen) atoms. The maximum Gasteiger partial charge on any atom is 0.270 e. The van der Waals surface area contributed by atoms with Crippen LogP contribution in [0.3, 0.4) is 0 Å². The molecule has 1 aromatic carbocycles. The molecule has 1 atom stereocenters. The third-order valence-electron chi connectivity index (χ3n) is 5.27. The molecule has 0 spiro atoms. The second-order valence-corrected chi connectivity index (χ2v) is 7.07. The zero-order chi connectivity index (χ0) is 17.4. The number of hydrogen-bond donors (Lipinski definition) is 1. The number of nitrogens with zero attached hydrogens (tertiary/aromatic N) is 2. The van der Waals surface area contributed by atoms with Crippen molar-refractivity contribution in [1.82, 2.24) is 14.8 Å². The Bertz CT molecular complexity index is 779. The lowest BCUT2D eigenvalue weighted by atomic mass is 9.93. The third-order valence-corrected chi connectivity index (χ3v) is 5.27. The maximum atomic E-state index is 15.4. The number of benzene rings is 1. The monoisotopic (exact) mass is 343 g/mol. The van der Waals surface area contributed by atoms with E-state index in [-0.39, 0.29) is 18.9 Å². The molecule has 0 bridgehead atoms. The summed E-state index contributed by atoms with van der Waals surface area (Å²) in [5, 5.41) is 0.947. The fourth-order valence-corrected chi connectivity index (χ4v) is 3.92. The molecule has 5 nitrogen and oxygen atoms in total. The van der Waals surface area contributed by atoms with Crippen LogP contribution >= 0.6 is 0 Å². The SMILES string of the molecule is O=C(c1cc2ccccc2[nH]1)N1CCCC(F)(C(=O)N2CCCC2)C1. The van der Waals surface area contributed by atoms with E-state index in [2.05, 4.69) is 4.98 Å². The van der Waals surface area contributed by atoms with Crippen molar-refractivity contribution in [2.45, 2.75) is 31.4 Å². The number of piperidine rings is 1. The van der Waals surface area contributed by atoms with Gasteiger partial charge in [0.05, 0.1) is 6.54 Å². The molecule has 0 radical (unpaired) electrons. The average molecular weight is 343 g/mol. The first kappa shape index (κ1) is 16.1. The van der Waals surface area contributed by atoms with E-state index < -0.39 is 11.6 Å². The minimum absolute atomic E-state index is 0.156. The van der Waals surface area contributed by atoms with E-state index in [1.807, 2.05) is 24.3 Å². The van der Waals surface area contributed by atoms with Crippen LogP contribution in [0.15, 0.2) is 30.3 Å². The lowest BCUT2D eigenvalue weighted by Crippen LogP contribution is -2.56. The van der Waals surface area contributed by atoms with Crippen molar-refractivity contribution in [3.8, 4) is 0 Å². The quantitative estimate of drug-likeness (QED) is 0.911. The number of alkyl halides is 1. The van der Waals surface area contributed by atoms with E-state index in [0.717, 1.165) is 23.7 Å². The number of carbonyl (C=O) groups is 2. The summed E-state index contributed by atoms with van der Waals surface area (Å²) >= 11 is 0. The van der Waals surface area contributed by atoms with Crippen molar-refractivity contribution in [3.05, 3.63) is 36.0 Å². The topological polar surface area (TPSA) is 56.4 Å². The van der Waals surface area contributed by atoms with E-state index in [4.69, 9.17) is 0 Å². The van der Waals surface area contributed by atoms with Crippen LogP contribution in [0.25, 0.3) is 10.9 Å². The summed E-state index contributed by atoms with van der Waals surface area (Å²) in [7, 11) is 0. The lowest BCUT2D eigenvalue weighted by Gasteiger charge is -2.38. The van der Waals surface area contributed by atoms with Crippen molar-refractivity contribution in [1.29, 1.82) is 0 Å². The van der Waals surface area contributed by atoms with Crippen LogP contribution in [0.4, 0.5) is 4.39 Å². The first-order valence-corrected chi connectivity index (χ1v) is 8.92. The van der Waals surface area contributed by atoms with E-state index in [1.54, 1.807) is 11.0 Å². The van der Waals surface area contributed by atoms with Gasteiger partial charge in [-0.25, -0.2) is 4.39 Å². The van der Waals surface area contributed by atoms with E-state index in [9.17, 15) is 9.59 Å². The summed E-state index contributed by atoms with van der Waals surface area (Å²) in [4.78, 5) is 31.6. The van der Waals surface area contributed by atoms with Gasteiger partial charge in [0.15, 0.2) is 0 Å². The molecule has 1 N–H and O–H groups in total. The molecule has 6 heteroatoms. The van der Waals surface area contributed by atoms with Crippen LogP contribution in [0.5, 0.6) is 0 Å². The Morgan fingerprint density at radius 2 is 1.76 bits per heavy atom. The maximum absolute atomic E-state index is 15.4. The molecule has 4 rings (SSSR count). The molecule has 2 aromatic rings. The molecule has 0 saturated carbocycles. The van der Waals surface area contributed by atoms with Gasteiger partial charge >= 0.3 is 0 Å². The Morgan fingerprint density at radius 3 is 2.52 bits per heavy atom. The predicted molar refractivity (Wildman–Crippen MR) is 93.1 cm³/mol. The summed E-state index contributed by atoms with van der Waals surface area (Å²) < 4.78 is 15.4. The molecular formula is C19H22FN3O2. The molecule has 2 fully saturated rings. The van der Waals surface area contributed by atoms with Gasteiger partial charge < -0.3 is 14.8 Å². The van der Waals surface area contributed by atoms with Crippen LogP contribution in [-0.2, 0) is 4.79 Å². The van der Waals surface area contributed by atoms with Crippen LogP contribution < -0.4 is 0 Å². The molecule has 2 saturated heterocycles. The highest BCUT2D eigenvalue weighted by Crippen LogP contribution is 2.30. The van der Waals surface area contributed by atoms with Crippen LogP contribution in [0.2, 0.25) is 0 Å². The Labute approximate surface area is 145 Å². The molecule has 2 amide bonds. The normalized spacial score (nSPS) is 24.0. The Hall–Kier alpha value is -2.37. The smallest absolute Gasteiger partial charge is 0.270 e. The Morgan fingerprint density at radius 1 is 1.04 bits per heavy atom. The number of aromatic nitrogens is 1. The highest BCUT2D eigenvalue weighted by Gasteiger charge is 2.46. The van der Waals surface area contributed by atoms with Crippen molar-refractivity contribution >= 4 is 22.7 Å². The van der Waals surface area contributed by atoms with E-state index in [0.29, 0.717) is 31.7 Å². The van der Waals surface area contributed by atoms with Gasteiger partial charge in [0, 0.05) is 30.5 Å². The molecule has 3 heterocycles. The number of fused-ring (bicyclic) bond motifs is 1. The number of rotatable bonds is 2. The van der Waals surface area contributed by atoms with Crippen LogP contribution in [0, 0.1) is 0 Å². The highest BCUT2D eigenvalue weighted by atomic mass is 19.1. The standard InChI is InChI=1S/C19H22FN3O2/c20-19(18(25)22-9-3-4-10-22)8-5-11-23(13-19)17(24)16-12-14-6-1-2-7-15(14)21-16/h1-2,6-7,12,21H,3-5,8-11,13H2. The first-order valence-electron chi connectivity index (χ1n) is 8.92. The number of amides is 2. The van der Waals surface area contributed by atoms with Gasteiger partial charge in [0.2, 0.25) is 5.67 Å². The van der Waals surface area contributed by atoms with Gasteiger partial charge in [-0.15, -0.1) is 0 Å². The molecule has 2 aliphatic rings. The number of likely N-dealkylation sites (tertiary alicyclic amines) is 2. The van der Waals surface area contributed by atoms with Crippen LogP contribution in [0.1, 0.15) is 36.2 Å². The Balaban J connectivity index is 1.53. The number of hydrogen-bond acceptors (Lipinski definition) is 2. The third kappa shape index (κ3) is 2.90. The molecule has 1 unspecified atom stereocenters. The zero-order valence-electron chi connectivity index (χ0n) is 14.1. The zero-order valence-corrected chi connectivity index (χ0v) is 14.1. The summed E-state index contributed by atoms with van der Waals surface area (Å²) in [6.45, 7) is 1.57. The van der Waals surface area contributed by atoms with Gasteiger partial charge in [0.25, 0.3) is 11.8 Å². The fourth-order valence-electron chi connectivity index (χ4n) is 3.92. The van der Waals surface area contributed by atoms with Crippen molar-refractivity contribution in [2.24, 2.45) is 0 Å². The molecule has 2 aliphatic heterocycles. The highest BCUT2D eigenvalue weighted by molar-refractivity contribution is 5.98. The van der Waals surface area contributed by atoms with E-state index in [1.165, 1.54) is 4.90 Å². The van der Waals surface area contributed by atoms with Gasteiger partial charge in [-0.3, -0.25) is 9.59 Å².